The van der Waals surface area contributed by atoms with Crippen LogP contribution in [0.25, 0.3) is 11.0 Å². The lowest BCUT2D eigenvalue weighted by molar-refractivity contribution is -0.115. The number of nitrogens with zero attached hydrogens (tertiary/aromatic N) is 1. The summed E-state index contributed by atoms with van der Waals surface area (Å²) >= 11 is 0. The minimum atomic E-state index is -0.317. The van der Waals surface area contributed by atoms with Crippen LogP contribution >= 0.6 is 0 Å². The molecule has 4 N–H and O–H groups in total. The molecule has 7 nitrogen and oxygen atoms in total. The molecular weight excluding hydrogens is 294 g/mol. The van der Waals surface area contributed by atoms with Gasteiger partial charge in [-0.3, -0.25) is 10.1 Å². The molecule has 1 aliphatic carbocycles. The first-order chi connectivity index (χ1) is 11.2. The zero-order valence-electron chi connectivity index (χ0n) is 12.9. The number of nitrogens with one attached hydrogen (secondary N) is 4. The number of hydrogen-bond donors (Lipinski definition) is 4. The zero-order chi connectivity index (χ0) is 16.1. The average molecular weight is 315 g/mol. The van der Waals surface area contributed by atoms with Gasteiger partial charge in [0.15, 0.2) is 0 Å². The number of aromatic amines is 1. The molecule has 3 amide bonds. The predicted molar refractivity (Wildman–Crippen MR) is 88.1 cm³/mol. The highest BCUT2D eigenvalue weighted by molar-refractivity contribution is 5.94. The summed E-state index contributed by atoms with van der Waals surface area (Å²) in [6, 6.07) is 7.44. The second-order valence-electron chi connectivity index (χ2n) is 5.81. The van der Waals surface area contributed by atoms with E-state index in [2.05, 4.69) is 25.9 Å². The van der Waals surface area contributed by atoms with Crippen molar-refractivity contribution in [3.05, 3.63) is 24.3 Å². The van der Waals surface area contributed by atoms with Crippen LogP contribution in [0.4, 0.5) is 10.7 Å². The molecule has 3 rings (SSSR count). The monoisotopic (exact) mass is 315 g/mol. The van der Waals surface area contributed by atoms with Gasteiger partial charge in [0.2, 0.25) is 11.9 Å². The van der Waals surface area contributed by atoms with Crippen molar-refractivity contribution >= 4 is 28.9 Å². The van der Waals surface area contributed by atoms with Gasteiger partial charge in [-0.2, -0.15) is 0 Å². The van der Waals surface area contributed by atoms with Crippen molar-refractivity contribution in [2.45, 2.75) is 38.1 Å². The Kier molecular flexibility index (Phi) is 4.75. The number of carbonyl (C=O) groups is 2. The quantitative estimate of drug-likeness (QED) is 0.695. The van der Waals surface area contributed by atoms with E-state index in [1.165, 1.54) is 6.42 Å². The van der Waals surface area contributed by atoms with Gasteiger partial charge in [-0.1, -0.05) is 31.4 Å². The fraction of sp³-hybridized carbons (Fsp3) is 0.438. The van der Waals surface area contributed by atoms with E-state index in [0.717, 1.165) is 36.7 Å². The number of carbonyl (C=O) groups excluding carboxylic acids is 2. The van der Waals surface area contributed by atoms with Gasteiger partial charge in [-0.25, -0.2) is 9.78 Å². The number of rotatable bonds is 4. The second-order valence-corrected chi connectivity index (χ2v) is 5.81. The standard InChI is InChI=1S/C16H21N5O2/c22-14(10-17-16(23)18-11-6-2-1-3-7-11)21-15-19-12-8-4-5-9-13(12)20-15/h4-5,8-9,11H,1-3,6-7,10H2,(H2,17,18,23)(H2,19,20,21,22). The van der Waals surface area contributed by atoms with Gasteiger partial charge in [-0.15, -0.1) is 0 Å². The molecule has 1 heterocycles. The van der Waals surface area contributed by atoms with Gasteiger partial charge in [0.1, 0.15) is 0 Å². The first-order valence-corrected chi connectivity index (χ1v) is 8.00. The Morgan fingerprint density at radius 3 is 2.74 bits per heavy atom. The normalized spacial score (nSPS) is 15.3. The minimum Gasteiger partial charge on any atom is -0.335 e. The van der Waals surface area contributed by atoms with Crippen LogP contribution < -0.4 is 16.0 Å². The summed E-state index contributed by atoms with van der Waals surface area (Å²) in [6.07, 6.45) is 5.56. The van der Waals surface area contributed by atoms with Crippen molar-refractivity contribution < 1.29 is 9.59 Å². The van der Waals surface area contributed by atoms with Crippen LogP contribution in [0.3, 0.4) is 0 Å². The summed E-state index contributed by atoms with van der Waals surface area (Å²) < 4.78 is 0. The number of amides is 3. The van der Waals surface area contributed by atoms with Gasteiger partial charge >= 0.3 is 6.03 Å². The maximum atomic E-state index is 11.9. The Bertz CT molecular complexity index is 658. The molecule has 1 aromatic carbocycles. The van der Waals surface area contributed by atoms with Crippen molar-refractivity contribution in [3.63, 3.8) is 0 Å². The maximum absolute atomic E-state index is 11.9. The third kappa shape index (κ3) is 4.21. The Morgan fingerprint density at radius 1 is 1.17 bits per heavy atom. The van der Waals surface area contributed by atoms with Crippen molar-refractivity contribution in [1.82, 2.24) is 20.6 Å². The Labute approximate surface area is 134 Å². The van der Waals surface area contributed by atoms with Crippen molar-refractivity contribution in [3.8, 4) is 0 Å². The summed E-state index contributed by atoms with van der Waals surface area (Å²) in [6.45, 7) is -0.0877. The molecule has 0 atom stereocenters. The highest BCUT2D eigenvalue weighted by Gasteiger charge is 2.16. The minimum absolute atomic E-state index is 0.0877. The lowest BCUT2D eigenvalue weighted by atomic mass is 9.96. The molecule has 7 heteroatoms. The van der Waals surface area contributed by atoms with Gasteiger partial charge in [-0.05, 0) is 25.0 Å². The lowest BCUT2D eigenvalue weighted by Crippen LogP contribution is -2.45. The average Bonchev–Trinajstić information content (AvgIpc) is 2.96. The highest BCUT2D eigenvalue weighted by atomic mass is 16.2. The lowest BCUT2D eigenvalue weighted by Gasteiger charge is -2.22. The number of urea groups is 1. The van der Waals surface area contributed by atoms with Gasteiger partial charge in [0, 0.05) is 6.04 Å². The van der Waals surface area contributed by atoms with Gasteiger partial charge < -0.3 is 15.6 Å². The fourth-order valence-electron chi connectivity index (χ4n) is 2.83. The topological polar surface area (TPSA) is 98.9 Å². The number of anilines is 1. The first kappa shape index (κ1) is 15.3. The molecule has 1 aliphatic rings. The SMILES string of the molecule is O=C(CNC(=O)NC1CCCCC1)Nc1nc2ccccc2[nH]1. The number of fused-ring (bicyclic) bond motifs is 1. The summed E-state index contributed by atoms with van der Waals surface area (Å²) in [7, 11) is 0. The molecule has 0 saturated heterocycles. The van der Waals surface area contributed by atoms with E-state index < -0.39 is 0 Å². The van der Waals surface area contributed by atoms with Crippen LogP contribution in [0.1, 0.15) is 32.1 Å². The number of H-pyrrole nitrogens is 1. The number of benzene rings is 1. The molecule has 0 radical (unpaired) electrons. The number of para-hydroxylation sites is 2. The largest absolute Gasteiger partial charge is 0.335 e. The molecule has 0 aliphatic heterocycles. The Hall–Kier alpha value is -2.57. The second kappa shape index (κ2) is 7.13. The summed E-state index contributed by atoms with van der Waals surface area (Å²) in [5, 5.41) is 8.13. The molecule has 23 heavy (non-hydrogen) atoms. The zero-order valence-corrected chi connectivity index (χ0v) is 12.9. The van der Waals surface area contributed by atoms with Crippen LogP contribution in [0.5, 0.6) is 0 Å². The van der Waals surface area contributed by atoms with E-state index in [9.17, 15) is 9.59 Å². The number of hydrogen-bond acceptors (Lipinski definition) is 3. The summed E-state index contributed by atoms with van der Waals surface area (Å²) in [5.74, 6) is 0.0635. The van der Waals surface area contributed by atoms with Crippen LogP contribution in [0.2, 0.25) is 0 Å². The van der Waals surface area contributed by atoms with E-state index in [1.54, 1.807) is 0 Å². The number of imidazole rings is 1. The van der Waals surface area contributed by atoms with E-state index in [4.69, 9.17) is 0 Å². The predicted octanol–water partition coefficient (Wildman–Crippen LogP) is 2.13. The van der Waals surface area contributed by atoms with Crippen LogP contribution in [-0.4, -0.2) is 34.5 Å². The van der Waals surface area contributed by atoms with Crippen LogP contribution in [-0.2, 0) is 4.79 Å². The molecule has 1 fully saturated rings. The maximum Gasteiger partial charge on any atom is 0.315 e. The molecule has 0 unspecified atom stereocenters. The molecule has 2 aromatic rings. The van der Waals surface area contributed by atoms with E-state index in [1.807, 2.05) is 24.3 Å². The number of aromatic nitrogens is 2. The van der Waals surface area contributed by atoms with E-state index >= 15 is 0 Å². The van der Waals surface area contributed by atoms with Gasteiger partial charge in [0.05, 0.1) is 17.6 Å². The Morgan fingerprint density at radius 2 is 1.96 bits per heavy atom. The third-order valence-corrected chi connectivity index (χ3v) is 4.00. The van der Waals surface area contributed by atoms with E-state index in [-0.39, 0.29) is 24.5 Å². The van der Waals surface area contributed by atoms with Crippen molar-refractivity contribution in [2.75, 3.05) is 11.9 Å². The smallest absolute Gasteiger partial charge is 0.315 e. The first-order valence-electron chi connectivity index (χ1n) is 8.00. The molecule has 122 valence electrons. The molecule has 0 bridgehead atoms. The Balaban J connectivity index is 1.44. The molecule has 1 saturated carbocycles. The summed E-state index contributed by atoms with van der Waals surface area (Å²) in [4.78, 5) is 30.9. The van der Waals surface area contributed by atoms with E-state index in [0.29, 0.717) is 5.95 Å². The molecule has 1 aromatic heterocycles. The third-order valence-electron chi connectivity index (χ3n) is 4.00. The fourth-order valence-corrected chi connectivity index (χ4v) is 2.83. The highest BCUT2D eigenvalue weighted by Crippen LogP contribution is 2.17. The van der Waals surface area contributed by atoms with Crippen LogP contribution in [0, 0.1) is 0 Å². The van der Waals surface area contributed by atoms with Gasteiger partial charge in [0.25, 0.3) is 0 Å². The molecular formula is C16H21N5O2. The van der Waals surface area contributed by atoms with Crippen molar-refractivity contribution in [2.24, 2.45) is 0 Å². The summed E-state index contributed by atoms with van der Waals surface area (Å²) in [5.41, 5.74) is 1.64. The van der Waals surface area contributed by atoms with Crippen molar-refractivity contribution in [1.29, 1.82) is 0 Å². The molecule has 0 spiro atoms. The van der Waals surface area contributed by atoms with Crippen LogP contribution in [0.15, 0.2) is 24.3 Å².